The molecule has 0 aliphatic heterocycles. The van der Waals surface area contributed by atoms with Crippen molar-refractivity contribution >= 4 is 39.7 Å². The number of nitrogens with zero attached hydrogens (tertiary/aromatic N) is 1. The lowest BCUT2D eigenvalue weighted by Crippen LogP contribution is -2.39. The zero-order valence-corrected chi connectivity index (χ0v) is 14.7. The highest BCUT2D eigenvalue weighted by Gasteiger charge is 2.35. The number of carbonyl (C=O) groups excluding carboxylic acids is 2. The smallest absolute Gasteiger partial charge is 0.371 e. The number of rotatable bonds is 7. The molecule has 0 aliphatic rings. The van der Waals surface area contributed by atoms with Crippen molar-refractivity contribution in [2.24, 2.45) is 11.5 Å². The average Bonchev–Trinajstić information content (AvgIpc) is 2.92. The van der Waals surface area contributed by atoms with E-state index < -0.39 is 42.0 Å². The fourth-order valence-corrected chi connectivity index (χ4v) is 2.86. The summed E-state index contributed by atoms with van der Waals surface area (Å²) in [6, 6.07) is 1.54. The van der Waals surface area contributed by atoms with E-state index in [0.717, 1.165) is 23.7 Å². The number of hydrogen-bond acceptors (Lipinski definition) is 6. The Bertz CT molecular complexity index is 868. The predicted octanol–water partition coefficient (Wildman–Crippen LogP) is 2.65. The molecule has 1 aromatic carbocycles. The zero-order chi connectivity index (χ0) is 20.4. The minimum atomic E-state index is -4.70. The first-order valence-electron chi connectivity index (χ1n) is 7.42. The molecule has 0 radical (unpaired) electrons. The lowest BCUT2D eigenvalue weighted by atomic mass is 10.1. The van der Waals surface area contributed by atoms with Gasteiger partial charge in [-0.3, -0.25) is 9.59 Å². The number of halogens is 4. The van der Waals surface area contributed by atoms with Crippen LogP contribution in [0.25, 0.3) is 0 Å². The molecule has 12 heteroatoms. The number of aromatic nitrogens is 1. The molecular formula is C15H15F4N5O2S. The summed E-state index contributed by atoms with van der Waals surface area (Å²) in [6.45, 7) is 1.73. The molecule has 1 heterocycles. The number of aryl methyl sites for hydroxylation is 1. The molecular weight excluding hydrogens is 390 g/mol. The van der Waals surface area contributed by atoms with E-state index >= 15 is 0 Å². The molecule has 0 saturated carbocycles. The van der Waals surface area contributed by atoms with Gasteiger partial charge in [-0.2, -0.15) is 17.5 Å². The van der Waals surface area contributed by atoms with Gasteiger partial charge in [0.2, 0.25) is 5.91 Å². The largest absolute Gasteiger partial charge is 0.391 e. The Morgan fingerprint density at radius 2 is 1.89 bits per heavy atom. The molecule has 1 unspecified atom stereocenters. The van der Waals surface area contributed by atoms with Crippen molar-refractivity contribution in [3.8, 4) is 0 Å². The van der Waals surface area contributed by atoms with Crippen LogP contribution in [0.2, 0.25) is 0 Å². The SMILES string of the molecule is Cc1cc(Nc2cc(NC(CC(F)(F)F)C(N)=O)c(F)cc2C(N)=O)sn1. The van der Waals surface area contributed by atoms with Crippen LogP contribution < -0.4 is 22.1 Å². The maximum atomic E-state index is 14.2. The lowest BCUT2D eigenvalue weighted by Gasteiger charge is -2.20. The Balaban J connectivity index is 2.39. The topological polar surface area (TPSA) is 123 Å². The summed E-state index contributed by atoms with van der Waals surface area (Å²) in [5.74, 6) is -3.33. The number of nitrogens with two attached hydrogens (primary N) is 2. The van der Waals surface area contributed by atoms with Gasteiger partial charge in [-0.05, 0) is 36.7 Å². The van der Waals surface area contributed by atoms with Crippen molar-refractivity contribution in [1.82, 2.24) is 4.37 Å². The van der Waals surface area contributed by atoms with Crippen molar-refractivity contribution in [2.45, 2.75) is 25.6 Å². The van der Waals surface area contributed by atoms with Gasteiger partial charge in [-0.1, -0.05) is 0 Å². The Morgan fingerprint density at radius 1 is 1.22 bits per heavy atom. The molecule has 0 fully saturated rings. The summed E-state index contributed by atoms with van der Waals surface area (Å²) < 4.78 is 56.0. The van der Waals surface area contributed by atoms with Crippen molar-refractivity contribution in [3.05, 3.63) is 35.3 Å². The van der Waals surface area contributed by atoms with Crippen molar-refractivity contribution < 1.29 is 27.2 Å². The van der Waals surface area contributed by atoms with Gasteiger partial charge in [0.15, 0.2) is 0 Å². The number of carbonyl (C=O) groups is 2. The van der Waals surface area contributed by atoms with Gasteiger partial charge in [-0.15, -0.1) is 0 Å². The Labute approximate surface area is 154 Å². The van der Waals surface area contributed by atoms with Crippen molar-refractivity contribution in [1.29, 1.82) is 0 Å². The highest BCUT2D eigenvalue weighted by Crippen LogP contribution is 2.31. The van der Waals surface area contributed by atoms with Crippen LogP contribution in [0.1, 0.15) is 22.5 Å². The van der Waals surface area contributed by atoms with E-state index in [1.54, 1.807) is 13.0 Å². The summed E-state index contributed by atoms with van der Waals surface area (Å²) in [6.07, 6.45) is -6.28. The highest BCUT2D eigenvalue weighted by atomic mass is 32.1. The third-order valence-electron chi connectivity index (χ3n) is 3.37. The van der Waals surface area contributed by atoms with Crippen LogP contribution in [0.15, 0.2) is 18.2 Å². The van der Waals surface area contributed by atoms with Crippen molar-refractivity contribution in [3.63, 3.8) is 0 Å². The van der Waals surface area contributed by atoms with E-state index in [0.29, 0.717) is 10.7 Å². The summed E-state index contributed by atoms with van der Waals surface area (Å²) in [7, 11) is 0. The summed E-state index contributed by atoms with van der Waals surface area (Å²) >= 11 is 1.05. The molecule has 0 saturated heterocycles. The molecule has 0 spiro atoms. The van der Waals surface area contributed by atoms with E-state index in [9.17, 15) is 27.2 Å². The molecule has 7 nitrogen and oxygen atoms in total. The minimum absolute atomic E-state index is 0.0327. The fraction of sp³-hybridized carbons (Fsp3) is 0.267. The zero-order valence-electron chi connectivity index (χ0n) is 13.9. The number of nitrogens with one attached hydrogen (secondary N) is 2. The third kappa shape index (κ3) is 5.54. The number of hydrogen-bond donors (Lipinski definition) is 4. The van der Waals surface area contributed by atoms with Crippen LogP contribution in [0.3, 0.4) is 0 Å². The van der Waals surface area contributed by atoms with E-state index in [-0.39, 0.29) is 11.3 Å². The van der Waals surface area contributed by atoms with Gasteiger partial charge in [-0.25, -0.2) is 4.39 Å². The number of amides is 2. The molecule has 0 bridgehead atoms. The second kappa shape index (κ2) is 7.78. The third-order valence-corrected chi connectivity index (χ3v) is 4.16. The molecule has 2 aromatic rings. The van der Waals surface area contributed by atoms with Gasteiger partial charge < -0.3 is 22.1 Å². The first-order valence-corrected chi connectivity index (χ1v) is 8.20. The Kier molecular flexibility index (Phi) is 5.88. The predicted molar refractivity (Wildman–Crippen MR) is 92.3 cm³/mol. The molecule has 0 aliphatic carbocycles. The number of alkyl halides is 3. The number of benzene rings is 1. The molecule has 6 N–H and O–H groups in total. The molecule has 1 atom stereocenters. The van der Waals surface area contributed by atoms with E-state index in [1.807, 2.05) is 0 Å². The Hall–Kier alpha value is -2.89. The number of anilines is 3. The van der Waals surface area contributed by atoms with Crippen LogP contribution in [0, 0.1) is 12.7 Å². The van der Waals surface area contributed by atoms with Gasteiger partial charge in [0.25, 0.3) is 5.91 Å². The van der Waals surface area contributed by atoms with E-state index in [2.05, 4.69) is 15.0 Å². The van der Waals surface area contributed by atoms with Gasteiger partial charge in [0, 0.05) is 0 Å². The highest BCUT2D eigenvalue weighted by molar-refractivity contribution is 7.10. The normalized spacial score (nSPS) is 12.5. The van der Waals surface area contributed by atoms with Crippen LogP contribution in [-0.4, -0.2) is 28.4 Å². The number of primary amides is 2. The van der Waals surface area contributed by atoms with Crippen LogP contribution in [0.5, 0.6) is 0 Å². The quantitative estimate of drug-likeness (QED) is 0.528. The molecule has 2 rings (SSSR count). The summed E-state index contributed by atoms with van der Waals surface area (Å²) in [5.41, 5.74) is 10.2. The van der Waals surface area contributed by atoms with Crippen LogP contribution in [0.4, 0.5) is 33.9 Å². The second-order valence-electron chi connectivity index (χ2n) is 5.62. The summed E-state index contributed by atoms with van der Waals surface area (Å²) in [5, 5.41) is 5.42. The molecule has 2 amide bonds. The van der Waals surface area contributed by atoms with Gasteiger partial charge >= 0.3 is 6.18 Å². The second-order valence-corrected chi connectivity index (χ2v) is 6.42. The standard InChI is InChI=1S/C15H15F4N5O2S/c1-6-2-12(27-24-6)23-9-4-10(8(16)3-7(9)13(20)25)22-11(14(21)26)5-15(17,18)19/h2-4,11,22-23H,5H2,1H3,(H2,20,25)(H2,21,26). The van der Waals surface area contributed by atoms with Crippen LogP contribution >= 0.6 is 11.5 Å². The minimum Gasteiger partial charge on any atom is -0.371 e. The van der Waals surface area contributed by atoms with E-state index in [4.69, 9.17) is 11.5 Å². The fourth-order valence-electron chi connectivity index (χ4n) is 2.19. The molecule has 1 aromatic heterocycles. The van der Waals surface area contributed by atoms with E-state index in [1.165, 1.54) is 0 Å². The molecule has 27 heavy (non-hydrogen) atoms. The Morgan fingerprint density at radius 3 is 2.37 bits per heavy atom. The van der Waals surface area contributed by atoms with Gasteiger partial charge in [0.05, 0.1) is 29.1 Å². The maximum absolute atomic E-state index is 14.2. The summed E-state index contributed by atoms with van der Waals surface area (Å²) in [4.78, 5) is 22.8. The monoisotopic (exact) mass is 405 g/mol. The maximum Gasteiger partial charge on any atom is 0.391 e. The average molecular weight is 405 g/mol. The first kappa shape index (κ1) is 20.4. The lowest BCUT2D eigenvalue weighted by molar-refractivity contribution is -0.144. The van der Waals surface area contributed by atoms with Gasteiger partial charge in [0.1, 0.15) is 16.9 Å². The first-order chi connectivity index (χ1) is 12.5. The van der Waals surface area contributed by atoms with Crippen molar-refractivity contribution in [2.75, 3.05) is 10.6 Å². The molecule has 146 valence electrons. The van der Waals surface area contributed by atoms with Crippen LogP contribution in [-0.2, 0) is 4.79 Å².